The lowest BCUT2D eigenvalue weighted by molar-refractivity contribution is -0.384. The lowest BCUT2D eigenvalue weighted by Crippen LogP contribution is -2.20. The second-order valence-electron chi connectivity index (χ2n) is 4.16. The summed E-state index contributed by atoms with van der Waals surface area (Å²) < 4.78 is 0. The molecule has 0 atom stereocenters. The van der Waals surface area contributed by atoms with Crippen molar-refractivity contribution in [3.05, 3.63) is 57.2 Å². The third-order valence-corrected chi connectivity index (χ3v) is 3.07. The summed E-state index contributed by atoms with van der Waals surface area (Å²) in [5.74, 6) is 0.578. The largest absolute Gasteiger partial charge is 0.331 e. The number of aryl methyl sites for hydroxylation is 1. The zero-order valence-corrected chi connectivity index (χ0v) is 12.5. The molecule has 0 aliphatic heterocycles. The van der Waals surface area contributed by atoms with Gasteiger partial charge in [-0.1, -0.05) is 17.7 Å². The molecule has 0 unspecified atom stereocenters. The summed E-state index contributed by atoms with van der Waals surface area (Å²) in [7, 11) is 0. The molecule has 1 aromatic heterocycles. The van der Waals surface area contributed by atoms with Crippen LogP contribution in [0.1, 0.15) is 5.69 Å². The van der Waals surface area contributed by atoms with E-state index in [2.05, 4.69) is 15.6 Å². The van der Waals surface area contributed by atoms with Gasteiger partial charge in [-0.05, 0) is 37.3 Å². The number of nitro groups is 1. The van der Waals surface area contributed by atoms with Gasteiger partial charge < -0.3 is 10.6 Å². The number of hydrogen-bond donors (Lipinski definition) is 2. The van der Waals surface area contributed by atoms with E-state index in [-0.39, 0.29) is 10.8 Å². The molecule has 0 radical (unpaired) electrons. The minimum Gasteiger partial charge on any atom is -0.331 e. The van der Waals surface area contributed by atoms with Crippen LogP contribution in [-0.2, 0) is 0 Å². The van der Waals surface area contributed by atoms with Crippen molar-refractivity contribution in [2.75, 3.05) is 10.6 Å². The molecule has 1 aromatic carbocycles. The summed E-state index contributed by atoms with van der Waals surface area (Å²) in [6.45, 7) is 1.86. The van der Waals surface area contributed by atoms with Crippen LogP contribution in [0.15, 0.2) is 36.4 Å². The second-order valence-corrected chi connectivity index (χ2v) is 4.98. The van der Waals surface area contributed by atoms with E-state index in [4.69, 9.17) is 23.8 Å². The Morgan fingerprint density at radius 3 is 2.76 bits per heavy atom. The Balaban J connectivity index is 2.12. The van der Waals surface area contributed by atoms with Crippen molar-refractivity contribution < 1.29 is 4.92 Å². The van der Waals surface area contributed by atoms with Crippen molar-refractivity contribution >= 4 is 46.1 Å². The van der Waals surface area contributed by atoms with E-state index in [9.17, 15) is 10.1 Å². The normalized spacial score (nSPS) is 10.0. The first-order valence-corrected chi connectivity index (χ1v) is 6.70. The van der Waals surface area contributed by atoms with Crippen molar-refractivity contribution in [1.29, 1.82) is 0 Å². The van der Waals surface area contributed by atoms with Gasteiger partial charge in [-0.25, -0.2) is 4.98 Å². The fraction of sp³-hybridized carbons (Fsp3) is 0.0769. The molecule has 0 saturated carbocycles. The van der Waals surface area contributed by atoms with E-state index < -0.39 is 4.92 Å². The number of nitrogens with zero attached hydrogens (tertiary/aromatic N) is 2. The van der Waals surface area contributed by atoms with E-state index >= 15 is 0 Å². The number of thiocarbonyl (C=S) groups is 1. The fourth-order valence-corrected chi connectivity index (χ4v) is 1.98. The zero-order valence-electron chi connectivity index (χ0n) is 11.0. The van der Waals surface area contributed by atoms with Gasteiger partial charge in [0, 0.05) is 17.8 Å². The molecule has 0 bridgehead atoms. The number of aromatic nitrogens is 1. The van der Waals surface area contributed by atoms with Crippen molar-refractivity contribution in [2.24, 2.45) is 0 Å². The van der Waals surface area contributed by atoms with Gasteiger partial charge in [-0.3, -0.25) is 10.1 Å². The van der Waals surface area contributed by atoms with Crippen LogP contribution in [0.25, 0.3) is 0 Å². The van der Waals surface area contributed by atoms with E-state index in [0.717, 1.165) is 5.69 Å². The van der Waals surface area contributed by atoms with Gasteiger partial charge >= 0.3 is 0 Å². The number of pyridine rings is 1. The monoisotopic (exact) mass is 322 g/mol. The van der Waals surface area contributed by atoms with Gasteiger partial charge in [0.2, 0.25) is 0 Å². The highest BCUT2D eigenvalue weighted by molar-refractivity contribution is 7.80. The number of nitro benzene ring substituents is 1. The summed E-state index contributed by atoms with van der Waals surface area (Å²) in [5.41, 5.74) is 1.13. The summed E-state index contributed by atoms with van der Waals surface area (Å²) in [6.07, 6.45) is 0. The van der Waals surface area contributed by atoms with Gasteiger partial charge in [0.15, 0.2) is 5.11 Å². The minimum atomic E-state index is -0.500. The smallest absolute Gasteiger partial charge is 0.271 e. The average molecular weight is 323 g/mol. The first kappa shape index (κ1) is 15.1. The predicted octanol–water partition coefficient (Wildman–Crippen LogP) is 3.76. The van der Waals surface area contributed by atoms with Crippen LogP contribution in [0.3, 0.4) is 0 Å². The van der Waals surface area contributed by atoms with Crippen molar-refractivity contribution in [2.45, 2.75) is 6.92 Å². The van der Waals surface area contributed by atoms with Crippen molar-refractivity contribution in [1.82, 2.24) is 4.98 Å². The van der Waals surface area contributed by atoms with Crippen LogP contribution in [0.4, 0.5) is 17.2 Å². The molecule has 0 fully saturated rings. The average Bonchev–Trinajstić information content (AvgIpc) is 2.41. The second kappa shape index (κ2) is 6.47. The third-order valence-electron chi connectivity index (χ3n) is 2.54. The molecule has 2 rings (SSSR count). The van der Waals surface area contributed by atoms with Crippen molar-refractivity contribution in [3.8, 4) is 0 Å². The molecule has 0 aliphatic rings. The van der Waals surface area contributed by atoms with E-state index in [1.54, 1.807) is 6.07 Å². The zero-order chi connectivity index (χ0) is 15.4. The maximum absolute atomic E-state index is 10.8. The summed E-state index contributed by atoms with van der Waals surface area (Å²) in [6, 6.07) is 9.55. The Kier molecular flexibility index (Phi) is 4.66. The molecule has 1 heterocycles. The molecule has 0 saturated heterocycles. The fourth-order valence-electron chi connectivity index (χ4n) is 1.61. The molecule has 0 spiro atoms. The van der Waals surface area contributed by atoms with Gasteiger partial charge in [-0.2, -0.15) is 0 Å². The van der Waals surface area contributed by atoms with Gasteiger partial charge in [0.1, 0.15) is 5.82 Å². The Hall–Kier alpha value is -2.25. The van der Waals surface area contributed by atoms with E-state index in [0.29, 0.717) is 16.5 Å². The van der Waals surface area contributed by atoms with Crippen LogP contribution in [0.2, 0.25) is 5.02 Å². The quantitative estimate of drug-likeness (QED) is 0.509. The van der Waals surface area contributed by atoms with Crippen molar-refractivity contribution in [3.63, 3.8) is 0 Å². The van der Waals surface area contributed by atoms with E-state index in [1.165, 1.54) is 18.2 Å². The number of halogens is 1. The Labute approximate surface area is 131 Å². The maximum Gasteiger partial charge on any atom is 0.271 e. The standard InChI is InChI=1S/C13H11ClN4O2S/c1-8-3-2-4-12(15-8)17-13(21)16-11-7-9(18(19)20)5-6-10(11)14/h2-7H,1H3,(H2,15,16,17,21). The first-order valence-electron chi connectivity index (χ1n) is 5.91. The van der Waals surface area contributed by atoms with Crippen LogP contribution in [0, 0.1) is 17.0 Å². The SMILES string of the molecule is Cc1cccc(NC(=S)Nc2cc([N+](=O)[O-])ccc2Cl)n1. The lowest BCUT2D eigenvalue weighted by atomic mass is 10.3. The molecule has 0 aliphatic carbocycles. The Morgan fingerprint density at radius 1 is 1.33 bits per heavy atom. The molecular weight excluding hydrogens is 312 g/mol. The number of anilines is 2. The molecule has 8 heteroatoms. The molecule has 108 valence electrons. The van der Waals surface area contributed by atoms with Gasteiger partial charge in [-0.15, -0.1) is 0 Å². The molecule has 2 N–H and O–H groups in total. The lowest BCUT2D eigenvalue weighted by Gasteiger charge is -2.11. The highest BCUT2D eigenvalue weighted by Crippen LogP contribution is 2.26. The third kappa shape index (κ3) is 4.11. The van der Waals surface area contributed by atoms with Gasteiger partial charge in [0.05, 0.1) is 15.6 Å². The van der Waals surface area contributed by atoms with Crippen LogP contribution in [-0.4, -0.2) is 15.0 Å². The highest BCUT2D eigenvalue weighted by Gasteiger charge is 2.11. The van der Waals surface area contributed by atoms with Crippen LogP contribution < -0.4 is 10.6 Å². The Bertz CT molecular complexity index is 708. The molecule has 21 heavy (non-hydrogen) atoms. The van der Waals surface area contributed by atoms with Crippen LogP contribution >= 0.6 is 23.8 Å². The van der Waals surface area contributed by atoms with E-state index in [1.807, 2.05) is 19.1 Å². The topological polar surface area (TPSA) is 80.1 Å². The molecular formula is C13H11ClN4O2S. The summed E-state index contributed by atoms with van der Waals surface area (Å²) >= 11 is 11.1. The number of hydrogen-bond acceptors (Lipinski definition) is 4. The number of nitrogens with one attached hydrogen (secondary N) is 2. The van der Waals surface area contributed by atoms with Gasteiger partial charge in [0.25, 0.3) is 5.69 Å². The Morgan fingerprint density at radius 2 is 2.10 bits per heavy atom. The highest BCUT2D eigenvalue weighted by atomic mass is 35.5. The number of rotatable bonds is 3. The molecule has 2 aromatic rings. The van der Waals surface area contributed by atoms with Crippen LogP contribution in [0.5, 0.6) is 0 Å². The number of benzene rings is 1. The summed E-state index contributed by atoms with van der Waals surface area (Å²) in [4.78, 5) is 14.5. The maximum atomic E-state index is 10.8. The number of non-ortho nitro benzene ring substituents is 1. The predicted molar refractivity (Wildman–Crippen MR) is 86.9 cm³/mol. The summed E-state index contributed by atoms with van der Waals surface area (Å²) in [5, 5.41) is 17.0. The first-order chi connectivity index (χ1) is 9.95. The molecule has 6 nitrogen and oxygen atoms in total. The minimum absolute atomic E-state index is 0.0709. The molecule has 0 amide bonds.